The van der Waals surface area contributed by atoms with Gasteiger partial charge in [-0.1, -0.05) is 25.1 Å². The van der Waals surface area contributed by atoms with E-state index in [1.165, 1.54) is 4.90 Å². The molecule has 0 aliphatic carbocycles. The minimum absolute atomic E-state index is 0.0576. The molecule has 0 saturated heterocycles. The highest BCUT2D eigenvalue weighted by Gasteiger charge is 2.29. The average Bonchev–Trinajstić information content (AvgIpc) is 2.69. The quantitative estimate of drug-likeness (QED) is 0.736. The minimum atomic E-state index is -0.0747. The van der Waals surface area contributed by atoms with Gasteiger partial charge in [-0.05, 0) is 18.1 Å². The molecule has 1 aliphatic rings. The van der Waals surface area contributed by atoms with E-state index in [-0.39, 0.29) is 11.9 Å². The van der Waals surface area contributed by atoms with E-state index in [1.54, 1.807) is 11.8 Å². The maximum Gasteiger partial charge on any atom is 0.314 e. The number of benzene rings is 1. The van der Waals surface area contributed by atoms with Crippen LogP contribution in [0.3, 0.4) is 0 Å². The summed E-state index contributed by atoms with van der Waals surface area (Å²) in [6.45, 7) is 2.53. The summed E-state index contributed by atoms with van der Waals surface area (Å²) in [5, 5.41) is 0. The molecule has 2 rings (SSSR count). The van der Waals surface area contributed by atoms with E-state index < -0.39 is 0 Å². The highest BCUT2D eigenvalue weighted by atomic mass is 32.2. The number of hydrogen-bond acceptors (Lipinski definition) is 3. The Labute approximate surface area is 94.0 Å². The molecule has 1 heterocycles. The fourth-order valence-electron chi connectivity index (χ4n) is 1.66. The molecular formula is C12H14O2S. The van der Waals surface area contributed by atoms with Gasteiger partial charge in [-0.25, -0.2) is 0 Å². The van der Waals surface area contributed by atoms with Crippen molar-refractivity contribution in [3.8, 4) is 0 Å². The first-order valence-corrected chi connectivity index (χ1v) is 6.20. The average molecular weight is 222 g/mol. The van der Waals surface area contributed by atoms with Crippen molar-refractivity contribution in [1.82, 2.24) is 0 Å². The van der Waals surface area contributed by atoms with Gasteiger partial charge in [0, 0.05) is 10.6 Å². The van der Waals surface area contributed by atoms with E-state index in [9.17, 15) is 4.79 Å². The number of esters is 1. The van der Waals surface area contributed by atoms with Crippen LogP contribution in [0.4, 0.5) is 0 Å². The van der Waals surface area contributed by atoms with Crippen LogP contribution < -0.4 is 0 Å². The van der Waals surface area contributed by atoms with E-state index in [4.69, 9.17) is 4.74 Å². The highest BCUT2D eigenvalue weighted by molar-refractivity contribution is 7.99. The summed E-state index contributed by atoms with van der Waals surface area (Å²) in [5.74, 6) is 0.689. The number of ether oxygens (including phenoxy) is 1. The molecule has 0 bridgehead atoms. The van der Waals surface area contributed by atoms with Crippen molar-refractivity contribution in [3.05, 3.63) is 29.8 Å². The molecular weight excluding hydrogens is 208 g/mol. The SMILES string of the molecule is CCCOC(=O)C1CSc2ccccc21. The lowest BCUT2D eigenvalue weighted by Gasteiger charge is -2.09. The molecule has 0 aromatic heterocycles. The van der Waals surface area contributed by atoms with Crippen molar-refractivity contribution < 1.29 is 9.53 Å². The van der Waals surface area contributed by atoms with Gasteiger partial charge in [0.25, 0.3) is 0 Å². The highest BCUT2D eigenvalue weighted by Crippen LogP contribution is 2.39. The van der Waals surface area contributed by atoms with Gasteiger partial charge < -0.3 is 4.74 Å². The van der Waals surface area contributed by atoms with Crippen LogP contribution in [0, 0.1) is 0 Å². The normalized spacial score (nSPS) is 18.6. The maximum atomic E-state index is 11.7. The summed E-state index contributed by atoms with van der Waals surface area (Å²) in [6, 6.07) is 8.07. The summed E-state index contributed by atoms with van der Waals surface area (Å²) < 4.78 is 5.18. The van der Waals surface area contributed by atoms with Crippen molar-refractivity contribution in [3.63, 3.8) is 0 Å². The summed E-state index contributed by atoms with van der Waals surface area (Å²) >= 11 is 1.74. The molecule has 1 unspecified atom stereocenters. The zero-order chi connectivity index (χ0) is 10.7. The van der Waals surface area contributed by atoms with Crippen LogP contribution in [0.5, 0.6) is 0 Å². The van der Waals surface area contributed by atoms with Crippen molar-refractivity contribution in [1.29, 1.82) is 0 Å². The predicted octanol–water partition coefficient (Wildman–Crippen LogP) is 2.83. The zero-order valence-corrected chi connectivity index (χ0v) is 9.55. The number of thioether (sulfide) groups is 1. The van der Waals surface area contributed by atoms with Gasteiger partial charge in [-0.15, -0.1) is 11.8 Å². The predicted molar refractivity (Wildman–Crippen MR) is 61.2 cm³/mol. The molecule has 0 spiro atoms. The second kappa shape index (κ2) is 4.71. The molecule has 1 aromatic rings. The van der Waals surface area contributed by atoms with Gasteiger partial charge in [-0.2, -0.15) is 0 Å². The molecule has 2 nitrogen and oxygen atoms in total. The Balaban J connectivity index is 2.10. The van der Waals surface area contributed by atoms with Gasteiger partial charge in [-0.3, -0.25) is 4.79 Å². The van der Waals surface area contributed by atoms with Gasteiger partial charge in [0.2, 0.25) is 0 Å². The Bertz CT molecular complexity index is 362. The summed E-state index contributed by atoms with van der Waals surface area (Å²) in [6.07, 6.45) is 0.882. The van der Waals surface area contributed by atoms with Crippen molar-refractivity contribution in [2.75, 3.05) is 12.4 Å². The molecule has 1 aliphatic heterocycles. The summed E-state index contributed by atoms with van der Waals surface area (Å²) in [7, 11) is 0. The van der Waals surface area contributed by atoms with E-state index in [0.717, 1.165) is 17.7 Å². The second-order valence-electron chi connectivity index (χ2n) is 3.57. The monoisotopic (exact) mass is 222 g/mol. The maximum absolute atomic E-state index is 11.7. The number of carbonyl (C=O) groups excluding carboxylic acids is 1. The third-order valence-electron chi connectivity index (χ3n) is 2.43. The number of rotatable bonds is 3. The lowest BCUT2D eigenvalue weighted by molar-refractivity contribution is -0.144. The molecule has 80 valence electrons. The number of carbonyl (C=O) groups is 1. The Kier molecular flexibility index (Phi) is 3.31. The van der Waals surface area contributed by atoms with E-state index in [0.29, 0.717) is 6.61 Å². The number of fused-ring (bicyclic) bond motifs is 1. The third kappa shape index (κ3) is 2.17. The fourth-order valence-corrected chi connectivity index (χ4v) is 2.87. The smallest absolute Gasteiger partial charge is 0.314 e. The van der Waals surface area contributed by atoms with E-state index in [2.05, 4.69) is 6.07 Å². The molecule has 0 radical (unpaired) electrons. The lowest BCUT2D eigenvalue weighted by atomic mass is 10.0. The van der Waals surface area contributed by atoms with Crippen LogP contribution in [-0.2, 0) is 9.53 Å². The summed E-state index contributed by atoms with van der Waals surface area (Å²) in [4.78, 5) is 12.9. The third-order valence-corrected chi connectivity index (χ3v) is 3.62. The first kappa shape index (κ1) is 10.6. The zero-order valence-electron chi connectivity index (χ0n) is 8.73. The Morgan fingerprint density at radius 3 is 3.13 bits per heavy atom. The lowest BCUT2D eigenvalue weighted by Crippen LogP contribution is -2.16. The number of hydrogen-bond donors (Lipinski definition) is 0. The molecule has 1 aromatic carbocycles. The van der Waals surface area contributed by atoms with Gasteiger partial charge in [0.15, 0.2) is 0 Å². The molecule has 15 heavy (non-hydrogen) atoms. The van der Waals surface area contributed by atoms with Crippen LogP contribution in [0.25, 0.3) is 0 Å². The second-order valence-corrected chi connectivity index (χ2v) is 4.63. The van der Waals surface area contributed by atoms with Crippen LogP contribution in [0.2, 0.25) is 0 Å². The standard InChI is InChI=1S/C12H14O2S/c1-2-7-14-12(13)10-8-15-11-6-4-3-5-9(10)11/h3-6,10H,2,7-8H2,1H3. The molecule has 0 N–H and O–H groups in total. The molecule has 0 amide bonds. The Morgan fingerprint density at radius 1 is 1.53 bits per heavy atom. The van der Waals surface area contributed by atoms with Crippen molar-refractivity contribution in [2.45, 2.75) is 24.2 Å². The van der Waals surface area contributed by atoms with Gasteiger partial charge in [0.1, 0.15) is 0 Å². The van der Waals surface area contributed by atoms with Crippen LogP contribution >= 0.6 is 11.8 Å². The molecule has 0 fully saturated rings. The van der Waals surface area contributed by atoms with Crippen LogP contribution in [0.15, 0.2) is 29.2 Å². The van der Waals surface area contributed by atoms with Gasteiger partial charge in [0.05, 0.1) is 12.5 Å². The van der Waals surface area contributed by atoms with Gasteiger partial charge >= 0.3 is 5.97 Å². The Morgan fingerprint density at radius 2 is 2.33 bits per heavy atom. The topological polar surface area (TPSA) is 26.3 Å². The van der Waals surface area contributed by atoms with E-state index >= 15 is 0 Å². The Hall–Kier alpha value is -0.960. The van der Waals surface area contributed by atoms with Crippen molar-refractivity contribution >= 4 is 17.7 Å². The fraction of sp³-hybridized carbons (Fsp3) is 0.417. The minimum Gasteiger partial charge on any atom is -0.465 e. The van der Waals surface area contributed by atoms with Crippen LogP contribution in [-0.4, -0.2) is 18.3 Å². The molecule has 0 saturated carbocycles. The first-order chi connectivity index (χ1) is 7.33. The molecule has 3 heteroatoms. The van der Waals surface area contributed by atoms with E-state index in [1.807, 2.05) is 25.1 Å². The summed E-state index contributed by atoms with van der Waals surface area (Å²) in [5.41, 5.74) is 1.13. The largest absolute Gasteiger partial charge is 0.465 e. The molecule has 1 atom stereocenters. The van der Waals surface area contributed by atoms with Crippen LogP contribution in [0.1, 0.15) is 24.8 Å². The first-order valence-electron chi connectivity index (χ1n) is 5.21. The van der Waals surface area contributed by atoms with Crippen molar-refractivity contribution in [2.24, 2.45) is 0 Å².